The summed E-state index contributed by atoms with van der Waals surface area (Å²) in [5.74, 6) is 1.55. The van der Waals surface area contributed by atoms with Gasteiger partial charge in [0.05, 0.1) is 25.3 Å². The lowest BCUT2D eigenvalue weighted by molar-refractivity contribution is -0.117. The van der Waals surface area contributed by atoms with Gasteiger partial charge in [0, 0.05) is 12.7 Å². The van der Waals surface area contributed by atoms with Crippen molar-refractivity contribution in [2.24, 2.45) is 5.92 Å². The van der Waals surface area contributed by atoms with Gasteiger partial charge in [-0.05, 0) is 42.8 Å². The number of benzene rings is 1. The first-order valence-electron chi connectivity index (χ1n) is 8.18. The Morgan fingerprint density at radius 3 is 2.68 bits per heavy atom. The fourth-order valence-corrected chi connectivity index (χ4v) is 2.89. The monoisotopic (exact) mass is 363 g/mol. The highest BCUT2D eigenvalue weighted by molar-refractivity contribution is 7.80. The number of thiocarbonyl (C=S) groups is 1. The Morgan fingerprint density at radius 2 is 2.08 bits per heavy atom. The largest absolute Gasteiger partial charge is 0.493 e. The van der Waals surface area contributed by atoms with Crippen LogP contribution in [0.15, 0.2) is 29.5 Å². The van der Waals surface area contributed by atoms with Crippen molar-refractivity contribution >= 4 is 23.2 Å². The van der Waals surface area contributed by atoms with Crippen LogP contribution >= 0.6 is 12.2 Å². The number of hydrogen-bond donors (Lipinski definition) is 3. The van der Waals surface area contributed by atoms with Crippen molar-refractivity contribution < 1.29 is 14.3 Å². The molecule has 0 radical (unpaired) electrons. The van der Waals surface area contributed by atoms with Gasteiger partial charge in [0.1, 0.15) is 0 Å². The van der Waals surface area contributed by atoms with Crippen LogP contribution in [0.3, 0.4) is 0 Å². The van der Waals surface area contributed by atoms with Crippen molar-refractivity contribution in [3.05, 3.63) is 35.0 Å². The summed E-state index contributed by atoms with van der Waals surface area (Å²) in [6, 6.07) is 5.29. The van der Waals surface area contributed by atoms with Gasteiger partial charge < -0.3 is 25.4 Å². The van der Waals surface area contributed by atoms with Gasteiger partial charge in [-0.25, -0.2) is 0 Å². The Labute approximate surface area is 154 Å². The smallest absolute Gasteiger partial charge is 0.251 e. The second kappa shape index (κ2) is 8.20. The molecule has 1 aromatic carbocycles. The zero-order valence-electron chi connectivity index (χ0n) is 15.2. The molecule has 1 aliphatic rings. The molecular formula is C18H25N3O3S. The van der Waals surface area contributed by atoms with Crippen molar-refractivity contribution in [2.45, 2.75) is 26.8 Å². The number of nitrogens with one attached hydrogen (secondary N) is 3. The highest BCUT2D eigenvalue weighted by Crippen LogP contribution is 2.34. The van der Waals surface area contributed by atoms with E-state index < -0.39 is 0 Å². The molecule has 3 N–H and O–H groups in total. The third kappa shape index (κ3) is 4.42. The molecule has 7 heteroatoms. The molecule has 25 heavy (non-hydrogen) atoms. The Hall–Kier alpha value is -2.28. The fraction of sp³-hybridized carbons (Fsp3) is 0.444. The molecule has 0 saturated heterocycles. The molecule has 0 aromatic heterocycles. The first-order valence-corrected chi connectivity index (χ1v) is 8.59. The normalized spacial score (nSPS) is 17.0. The van der Waals surface area contributed by atoms with Crippen LogP contribution in [0, 0.1) is 5.92 Å². The molecule has 0 spiro atoms. The summed E-state index contributed by atoms with van der Waals surface area (Å²) >= 11 is 5.25. The maximum atomic E-state index is 12.3. The van der Waals surface area contributed by atoms with Crippen LogP contribution in [0.4, 0.5) is 0 Å². The van der Waals surface area contributed by atoms with Gasteiger partial charge in [-0.2, -0.15) is 0 Å². The standard InChI is InChI=1S/C18H25N3O3S/c1-10(2)9-24-13-7-6-12(8-14(13)23-5)16-15(17(22)19-4)11(3)20-18(25)21-16/h6-8,10,16H,9H2,1-5H3,(H,19,22)(H2,20,21,25)/t16-/m1/s1. The van der Waals surface area contributed by atoms with E-state index in [0.717, 1.165) is 11.3 Å². The van der Waals surface area contributed by atoms with Crippen molar-refractivity contribution in [1.82, 2.24) is 16.0 Å². The average molecular weight is 363 g/mol. The lowest BCUT2D eigenvalue weighted by Gasteiger charge is -2.30. The molecule has 0 aliphatic carbocycles. The third-order valence-electron chi connectivity index (χ3n) is 3.83. The van der Waals surface area contributed by atoms with E-state index in [4.69, 9.17) is 21.7 Å². The number of carbonyl (C=O) groups excluding carboxylic acids is 1. The molecule has 1 heterocycles. The molecule has 1 aliphatic heterocycles. The number of hydrogen-bond acceptors (Lipinski definition) is 4. The van der Waals surface area contributed by atoms with E-state index in [9.17, 15) is 4.79 Å². The number of ether oxygens (including phenoxy) is 2. The zero-order valence-corrected chi connectivity index (χ0v) is 16.0. The molecule has 0 saturated carbocycles. The third-order valence-corrected chi connectivity index (χ3v) is 4.05. The van der Waals surface area contributed by atoms with Crippen LogP contribution in [-0.2, 0) is 4.79 Å². The Bertz CT molecular complexity index is 701. The predicted molar refractivity (Wildman–Crippen MR) is 102 cm³/mol. The number of allylic oxidation sites excluding steroid dienone is 1. The average Bonchev–Trinajstić information content (AvgIpc) is 2.58. The summed E-state index contributed by atoms with van der Waals surface area (Å²) in [5.41, 5.74) is 2.19. The number of amides is 1. The fourth-order valence-electron chi connectivity index (χ4n) is 2.62. The van der Waals surface area contributed by atoms with Crippen molar-refractivity contribution in [1.29, 1.82) is 0 Å². The van der Waals surface area contributed by atoms with E-state index in [1.165, 1.54) is 0 Å². The summed E-state index contributed by atoms with van der Waals surface area (Å²) in [6.07, 6.45) is 0. The topological polar surface area (TPSA) is 71.6 Å². The molecular weight excluding hydrogens is 338 g/mol. The van der Waals surface area contributed by atoms with E-state index in [2.05, 4.69) is 29.8 Å². The van der Waals surface area contributed by atoms with Crippen LogP contribution in [0.5, 0.6) is 11.5 Å². The van der Waals surface area contributed by atoms with Crippen LogP contribution in [0.1, 0.15) is 32.4 Å². The molecule has 1 amide bonds. The molecule has 1 atom stereocenters. The van der Waals surface area contributed by atoms with E-state index in [1.54, 1.807) is 14.2 Å². The van der Waals surface area contributed by atoms with E-state index in [0.29, 0.717) is 34.7 Å². The number of likely N-dealkylation sites (N-methyl/N-ethyl adjacent to an activating group) is 1. The first-order chi connectivity index (χ1) is 11.9. The van der Waals surface area contributed by atoms with Crippen LogP contribution < -0.4 is 25.4 Å². The summed E-state index contributed by atoms with van der Waals surface area (Å²) in [4.78, 5) is 12.3. The maximum Gasteiger partial charge on any atom is 0.251 e. The van der Waals surface area contributed by atoms with Crippen molar-refractivity contribution in [2.75, 3.05) is 20.8 Å². The van der Waals surface area contributed by atoms with Crippen LogP contribution in [0.25, 0.3) is 0 Å². The molecule has 1 aromatic rings. The van der Waals surface area contributed by atoms with Crippen LogP contribution in [-0.4, -0.2) is 31.8 Å². The van der Waals surface area contributed by atoms with Crippen LogP contribution in [0.2, 0.25) is 0 Å². The Kier molecular flexibility index (Phi) is 6.25. The molecule has 0 unspecified atom stereocenters. The van der Waals surface area contributed by atoms with Gasteiger partial charge >= 0.3 is 0 Å². The highest BCUT2D eigenvalue weighted by atomic mass is 32.1. The van der Waals surface area contributed by atoms with Gasteiger partial charge in [0.25, 0.3) is 5.91 Å². The number of rotatable bonds is 6. The van der Waals surface area contributed by atoms with Gasteiger partial charge in [0.2, 0.25) is 0 Å². The van der Waals surface area contributed by atoms with Gasteiger partial charge in [-0.1, -0.05) is 19.9 Å². The highest BCUT2D eigenvalue weighted by Gasteiger charge is 2.29. The Balaban J connectivity index is 2.40. The summed E-state index contributed by atoms with van der Waals surface area (Å²) in [6.45, 7) is 6.61. The lowest BCUT2D eigenvalue weighted by atomic mass is 9.94. The number of carbonyl (C=O) groups is 1. The minimum Gasteiger partial charge on any atom is -0.493 e. The molecule has 0 bridgehead atoms. The Morgan fingerprint density at radius 1 is 1.36 bits per heavy atom. The summed E-state index contributed by atoms with van der Waals surface area (Å²) in [7, 11) is 3.21. The van der Waals surface area contributed by atoms with Gasteiger partial charge in [-0.3, -0.25) is 4.79 Å². The number of methoxy groups -OCH3 is 1. The van der Waals surface area contributed by atoms with Gasteiger partial charge in [0.15, 0.2) is 16.6 Å². The predicted octanol–water partition coefficient (Wildman–Crippen LogP) is 2.27. The van der Waals surface area contributed by atoms with Crippen molar-refractivity contribution in [3.8, 4) is 11.5 Å². The molecule has 136 valence electrons. The minimum absolute atomic E-state index is 0.163. The second-order valence-corrected chi connectivity index (χ2v) is 6.67. The summed E-state index contributed by atoms with van der Waals surface area (Å²) in [5, 5.41) is 9.31. The SMILES string of the molecule is CNC(=O)C1=C(C)NC(=S)N[C@@H]1c1ccc(OCC(C)C)c(OC)c1. The second-order valence-electron chi connectivity index (χ2n) is 6.26. The molecule has 2 rings (SSSR count). The molecule has 6 nitrogen and oxygen atoms in total. The van der Waals surface area contributed by atoms with E-state index >= 15 is 0 Å². The first kappa shape index (κ1) is 19.1. The minimum atomic E-state index is -0.359. The van der Waals surface area contributed by atoms with E-state index in [1.807, 2.05) is 25.1 Å². The van der Waals surface area contributed by atoms with E-state index in [-0.39, 0.29) is 11.9 Å². The molecule has 0 fully saturated rings. The zero-order chi connectivity index (χ0) is 18.6. The summed E-state index contributed by atoms with van der Waals surface area (Å²) < 4.78 is 11.3. The maximum absolute atomic E-state index is 12.3. The quantitative estimate of drug-likeness (QED) is 0.674. The van der Waals surface area contributed by atoms with Gasteiger partial charge in [-0.15, -0.1) is 0 Å². The lowest BCUT2D eigenvalue weighted by Crippen LogP contribution is -2.46. The van der Waals surface area contributed by atoms with Crippen molar-refractivity contribution in [3.63, 3.8) is 0 Å².